The molecule has 11 heteroatoms. The van der Waals surface area contributed by atoms with E-state index < -0.39 is 11.8 Å². The molecule has 2 saturated carbocycles. The molecule has 8 nitrogen and oxygen atoms in total. The van der Waals surface area contributed by atoms with E-state index in [4.69, 9.17) is 16.3 Å². The zero-order valence-electron chi connectivity index (χ0n) is 24.1. The number of thioether (sulfide) groups is 1. The highest BCUT2D eigenvalue weighted by Gasteiger charge is 2.69. The van der Waals surface area contributed by atoms with Crippen molar-refractivity contribution in [2.24, 2.45) is 29.6 Å². The van der Waals surface area contributed by atoms with E-state index >= 15 is 0 Å². The zero-order chi connectivity index (χ0) is 31.0. The van der Waals surface area contributed by atoms with Crippen LogP contribution in [-0.2, 0) is 14.4 Å². The van der Waals surface area contributed by atoms with Crippen LogP contribution in [0.15, 0.2) is 82.6 Å². The number of anilines is 2. The number of hydrogen-bond donors (Lipinski definition) is 2. The third-order valence-corrected chi connectivity index (χ3v) is 12.7. The summed E-state index contributed by atoms with van der Waals surface area (Å²) in [5.41, 5.74) is 3.11. The smallest absolute Gasteiger partial charge is 0.305 e. The molecule has 2 bridgehead atoms. The van der Waals surface area contributed by atoms with Crippen LogP contribution in [-0.4, -0.2) is 34.6 Å². The fourth-order valence-corrected chi connectivity index (χ4v) is 11.1. The second kappa shape index (κ2) is 10.9. The maximum absolute atomic E-state index is 14.0. The molecule has 45 heavy (non-hydrogen) atoms. The van der Waals surface area contributed by atoms with Crippen molar-refractivity contribution in [2.75, 3.05) is 16.8 Å². The molecule has 2 N–H and O–H groups in total. The van der Waals surface area contributed by atoms with Gasteiger partial charge in [0.2, 0.25) is 11.8 Å². The molecule has 7 atom stereocenters. The molecule has 3 fully saturated rings. The molecule has 3 amide bonds. The molecule has 4 aromatic rings. The van der Waals surface area contributed by atoms with Gasteiger partial charge in [-0.15, -0.1) is 11.8 Å². The lowest BCUT2D eigenvalue weighted by atomic mass is 9.68. The van der Waals surface area contributed by atoms with Crippen molar-refractivity contribution in [3.8, 4) is 5.75 Å². The highest BCUT2D eigenvalue weighted by molar-refractivity contribution is 8.00. The Labute approximate surface area is 272 Å². The van der Waals surface area contributed by atoms with Gasteiger partial charge in [-0.3, -0.25) is 24.1 Å². The minimum absolute atomic E-state index is 0.00391. The molecule has 1 aromatic heterocycles. The van der Waals surface area contributed by atoms with Crippen LogP contribution in [0.3, 0.4) is 0 Å². The van der Waals surface area contributed by atoms with Crippen molar-refractivity contribution in [2.45, 2.75) is 29.5 Å². The number of fused-ring (bicyclic) bond motifs is 9. The number of imide groups is 1. The van der Waals surface area contributed by atoms with E-state index in [1.54, 1.807) is 36.0 Å². The Morgan fingerprint density at radius 1 is 0.978 bits per heavy atom. The van der Waals surface area contributed by atoms with Gasteiger partial charge in [0.05, 0.1) is 22.5 Å². The summed E-state index contributed by atoms with van der Waals surface area (Å²) in [5, 5.41) is 4.32. The number of halogens is 1. The van der Waals surface area contributed by atoms with Crippen molar-refractivity contribution >= 4 is 63.8 Å². The fraction of sp³-hybridized carbons (Fsp3) is 0.294. The second-order valence-corrected chi connectivity index (χ2v) is 14.8. The normalized spacial score (nSPS) is 27.7. The summed E-state index contributed by atoms with van der Waals surface area (Å²) in [6.07, 6.45) is 0.779. The van der Waals surface area contributed by atoms with Gasteiger partial charge in [-0.25, -0.2) is 0 Å². The van der Waals surface area contributed by atoms with Gasteiger partial charge in [0.1, 0.15) is 5.75 Å². The first-order valence-electron chi connectivity index (χ1n) is 14.9. The summed E-state index contributed by atoms with van der Waals surface area (Å²) in [4.78, 5) is 58.6. The minimum atomic E-state index is -0.423. The number of ether oxygens (including phenoxy) is 1. The highest BCUT2D eigenvalue weighted by Crippen LogP contribution is 2.69. The van der Waals surface area contributed by atoms with Crippen molar-refractivity contribution in [1.82, 2.24) is 4.98 Å². The average Bonchev–Trinajstić information content (AvgIpc) is 3.77. The minimum Gasteiger partial charge on any atom is -0.483 e. The van der Waals surface area contributed by atoms with Gasteiger partial charge >= 0.3 is 4.87 Å². The van der Waals surface area contributed by atoms with E-state index in [2.05, 4.69) is 10.3 Å². The van der Waals surface area contributed by atoms with Gasteiger partial charge in [0.15, 0.2) is 6.61 Å². The quantitative estimate of drug-likeness (QED) is 0.243. The van der Waals surface area contributed by atoms with E-state index in [1.165, 1.54) is 16.2 Å². The van der Waals surface area contributed by atoms with Crippen molar-refractivity contribution < 1.29 is 19.1 Å². The molecular formula is C34H28ClN3O5S2. The van der Waals surface area contributed by atoms with Crippen LogP contribution in [0.5, 0.6) is 5.75 Å². The molecule has 0 radical (unpaired) electrons. The van der Waals surface area contributed by atoms with Crippen molar-refractivity contribution in [3.05, 3.63) is 103 Å². The van der Waals surface area contributed by atoms with Crippen LogP contribution < -0.4 is 19.8 Å². The Balaban J connectivity index is 1.13. The first kappa shape index (κ1) is 28.6. The van der Waals surface area contributed by atoms with Crippen LogP contribution >= 0.6 is 34.7 Å². The van der Waals surface area contributed by atoms with Crippen molar-refractivity contribution in [3.63, 3.8) is 0 Å². The van der Waals surface area contributed by atoms with Gasteiger partial charge in [-0.05, 0) is 73.1 Å². The number of amides is 3. The van der Waals surface area contributed by atoms with Gasteiger partial charge in [-0.1, -0.05) is 59.3 Å². The van der Waals surface area contributed by atoms with E-state index in [1.807, 2.05) is 55.5 Å². The molecule has 3 aromatic carbocycles. The molecule has 2 aliphatic carbocycles. The topological polar surface area (TPSA) is 109 Å². The van der Waals surface area contributed by atoms with Gasteiger partial charge in [-0.2, -0.15) is 0 Å². The number of hydrogen-bond acceptors (Lipinski definition) is 7. The number of thiazole rings is 1. The predicted octanol–water partition coefficient (Wildman–Crippen LogP) is 6.09. The van der Waals surface area contributed by atoms with Gasteiger partial charge in [0.25, 0.3) is 5.91 Å². The number of carbonyl (C=O) groups is 3. The Hall–Kier alpha value is -3.86. The van der Waals surface area contributed by atoms with Crippen LogP contribution in [0, 0.1) is 36.5 Å². The van der Waals surface area contributed by atoms with Crippen LogP contribution in [0.4, 0.5) is 11.4 Å². The van der Waals surface area contributed by atoms with E-state index in [-0.39, 0.29) is 58.1 Å². The largest absolute Gasteiger partial charge is 0.483 e. The lowest BCUT2D eigenvalue weighted by molar-refractivity contribution is -0.123. The summed E-state index contributed by atoms with van der Waals surface area (Å²) in [6.45, 7) is 1.75. The van der Waals surface area contributed by atoms with E-state index in [0.29, 0.717) is 16.5 Å². The Morgan fingerprint density at radius 2 is 1.69 bits per heavy atom. The third-order valence-electron chi connectivity index (χ3n) is 9.84. The number of rotatable bonds is 6. The SMILES string of the molecule is Cc1ccccc1NC(=O)COc1ccccc1[C@H]1c2sc(=O)[nH]c2SC2C1[C@H]1C[C@@H]2C2C(=O)N(c3ccc(Cl)cc3)C(=O)C21. The monoisotopic (exact) mass is 657 g/mol. The third kappa shape index (κ3) is 4.56. The summed E-state index contributed by atoms with van der Waals surface area (Å²) in [5.74, 6) is -1.10. The summed E-state index contributed by atoms with van der Waals surface area (Å²) >= 11 is 8.92. The molecule has 8 rings (SSSR count). The molecule has 4 unspecified atom stereocenters. The number of para-hydroxylation sites is 2. The number of nitrogens with one attached hydrogen (secondary N) is 2. The molecule has 2 aliphatic heterocycles. The fourth-order valence-electron chi connectivity index (χ4n) is 8.12. The molecule has 4 aliphatic rings. The van der Waals surface area contributed by atoms with Crippen molar-refractivity contribution in [1.29, 1.82) is 0 Å². The maximum atomic E-state index is 14.0. The number of aryl methyl sites for hydroxylation is 1. The molecular weight excluding hydrogens is 630 g/mol. The number of benzene rings is 3. The first-order chi connectivity index (χ1) is 21.8. The summed E-state index contributed by atoms with van der Waals surface area (Å²) < 4.78 is 6.18. The molecule has 228 valence electrons. The lowest BCUT2D eigenvalue weighted by Gasteiger charge is -2.43. The second-order valence-electron chi connectivity index (χ2n) is 12.1. The molecule has 0 spiro atoms. The average molecular weight is 658 g/mol. The predicted molar refractivity (Wildman–Crippen MR) is 174 cm³/mol. The number of carbonyl (C=O) groups excluding carboxylic acids is 3. The number of aromatic nitrogens is 1. The van der Waals surface area contributed by atoms with Crippen LogP contribution in [0.1, 0.15) is 28.3 Å². The summed E-state index contributed by atoms with van der Waals surface area (Å²) in [6, 6.07) is 22.0. The Morgan fingerprint density at radius 3 is 2.47 bits per heavy atom. The zero-order valence-corrected chi connectivity index (χ0v) is 26.5. The Bertz CT molecular complexity index is 1920. The highest BCUT2D eigenvalue weighted by atomic mass is 35.5. The number of nitrogens with zero attached hydrogens (tertiary/aromatic N) is 1. The first-order valence-corrected chi connectivity index (χ1v) is 17.0. The summed E-state index contributed by atoms with van der Waals surface area (Å²) in [7, 11) is 0. The molecule has 1 saturated heterocycles. The molecule has 3 heterocycles. The van der Waals surface area contributed by atoms with Gasteiger partial charge < -0.3 is 15.0 Å². The van der Waals surface area contributed by atoms with Crippen LogP contribution in [0.2, 0.25) is 5.02 Å². The number of aromatic amines is 1. The Kier molecular flexibility index (Phi) is 6.92. The lowest BCUT2D eigenvalue weighted by Crippen LogP contribution is -2.42. The standard InChI is InChI=1S/C34H28ClN3O5S2/c1-16-6-2-4-8-22(16)36-24(39)15-43-23-9-5-3-7-19(23)25-26-20-14-21(29(26)44-31-30(25)45-34(42)37-31)28-27(20)32(40)38(33(28)41)18-12-10-17(35)11-13-18/h2-13,20-21,25-29H,14-15H2,1H3,(H,36,39)(H,37,42)/t20-,21-,25-,26?,27?,28?,29?/m1/s1. The van der Waals surface area contributed by atoms with E-state index in [9.17, 15) is 19.2 Å². The van der Waals surface area contributed by atoms with E-state index in [0.717, 1.165) is 33.1 Å². The van der Waals surface area contributed by atoms with Crippen LogP contribution in [0.25, 0.3) is 0 Å². The number of H-pyrrole nitrogens is 1. The van der Waals surface area contributed by atoms with Gasteiger partial charge in [0, 0.05) is 32.3 Å². The maximum Gasteiger partial charge on any atom is 0.305 e.